The second-order valence-corrected chi connectivity index (χ2v) is 8.89. The third-order valence-corrected chi connectivity index (χ3v) is 5.87. The van der Waals surface area contributed by atoms with Gasteiger partial charge in [-0.3, -0.25) is 0 Å². The van der Waals surface area contributed by atoms with Crippen LogP contribution in [0.25, 0.3) is 0 Å². The van der Waals surface area contributed by atoms with Crippen LogP contribution in [0.4, 0.5) is 0 Å². The van der Waals surface area contributed by atoms with E-state index in [4.69, 9.17) is 0 Å². The van der Waals surface area contributed by atoms with E-state index in [1.54, 1.807) is 19.1 Å². The highest BCUT2D eigenvalue weighted by Crippen LogP contribution is 2.22. The van der Waals surface area contributed by atoms with Gasteiger partial charge in [0, 0.05) is 4.47 Å². The summed E-state index contributed by atoms with van der Waals surface area (Å²) in [6.07, 6.45) is 0. The number of hydrogen-bond acceptors (Lipinski definition) is 4. The average Bonchev–Trinajstić information content (AvgIpc) is 2.83. The van der Waals surface area contributed by atoms with Crippen molar-refractivity contribution >= 4 is 58.9 Å². The smallest absolute Gasteiger partial charge is 0.200 e. The van der Waals surface area contributed by atoms with Crippen molar-refractivity contribution in [3.8, 4) is 0 Å². The number of rotatable bonds is 4. The molecule has 0 saturated carbocycles. The van der Waals surface area contributed by atoms with Gasteiger partial charge in [-0.05, 0) is 59.3 Å². The van der Waals surface area contributed by atoms with E-state index in [-0.39, 0.29) is 4.90 Å². The molecule has 0 atom stereocenters. The van der Waals surface area contributed by atoms with Crippen LogP contribution in [-0.4, -0.2) is 14.1 Å². The fourth-order valence-corrected chi connectivity index (χ4v) is 3.81. The van der Waals surface area contributed by atoms with E-state index in [9.17, 15) is 8.42 Å². The van der Waals surface area contributed by atoms with Crippen molar-refractivity contribution in [1.29, 1.82) is 0 Å². The van der Waals surface area contributed by atoms with Crippen LogP contribution in [0, 0.1) is 0 Å². The third-order valence-electron chi connectivity index (χ3n) is 2.39. The number of hydrazone groups is 1. The van der Waals surface area contributed by atoms with Crippen LogP contribution in [0.3, 0.4) is 0 Å². The minimum Gasteiger partial charge on any atom is -0.200 e. The van der Waals surface area contributed by atoms with Crippen molar-refractivity contribution in [2.24, 2.45) is 5.10 Å². The lowest BCUT2D eigenvalue weighted by Gasteiger charge is -2.04. The molecule has 0 spiro atoms. The first-order valence-electron chi connectivity index (χ1n) is 5.46. The molecule has 1 heterocycles. The Morgan fingerprint density at radius 1 is 1.15 bits per heavy atom. The number of benzene rings is 1. The second kappa shape index (κ2) is 6.38. The summed E-state index contributed by atoms with van der Waals surface area (Å²) in [5, 5.41) is 3.93. The number of hydrogen-bond donors (Lipinski definition) is 1. The molecule has 2 aromatic rings. The maximum Gasteiger partial charge on any atom is 0.276 e. The molecule has 106 valence electrons. The molecule has 1 N–H and O–H groups in total. The van der Waals surface area contributed by atoms with E-state index >= 15 is 0 Å². The number of nitrogens with one attached hydrogen (secondary N) is 1. The monoisotopic (exact) mass is 436 g/mol. The molecule has 4 nitrogen and oxygen atoms in total. The number of halogens is 2. The maximum absolute atomic E-state index is 12.0. The van der Waals surface area contributed by atoms with Gasteiger partial charge in [0.1, 0.15) is 0 Å². The zero-order valence-corrected chi connectivity index (χ0v) is 15.1. The largest absolute Gasteiger partial charge is 0.276 e. The van der Waals surface area contributed by atoms with E-state index in [0.717, 1.165) is 13.1 Å². The van der Waals surface area contributed by atoms with Crippen LogP contribution in [-0.2, 0) is 10.0 Å². The molecule has 2 rings (SSSR count). The van der Waals surface area contributed by atoms with Crippen LogP contribution < -0.4 is 4.83 Å². The van der Waals surface area contributed by atoms with Gasteiger partial charge in [-0.1, -0.05) is 15.9 Å². The summed E-state index contributed by atoms with van der Waals surface area (Å²) in [6, 6.07) is 10.1. The van der Waals surface area contributed by atoms with Gasteiger partial charge in [-0.25, -0.2) is 0 Å². The zero-order chi connectivity index (χ0) is 14.8. The molecule has 1 aromatic heterocycles. The van der Waals surface area contributed by atoms with E-state index < -0.39 is 10.0 Å². The van der Waals surface area contributed by atoms with Crippen molar-refractivity contribution in [2.45, 2.75) is 11.8 Å². The Morgan fingerprint density at radius 3 is 2.35 bits per heavy atom. The molecule has 8 heteroatoms. The van der Waals surface area contributed by atoms with Gasteiger partial charge in [0.15, 0.2) is 0 Å². The Hall–Kier alpha value is -0.700. The summed E-state index contributed by atoms with van der Waals surface area (Å²) in [6.45, 7) is 1.75. The van der Waals surface area contributed by atoms with Gasteiger partial charge < -0.3 is 0 Å². The summed E-state index contributed by atoms with van der Waals surface area (Å²) < 4.78 is 25.9. The molecule has 0 bridgehead atoms. The lowest BCUT2D eigenvalue weighted by molar-refractivity contribution is 0.584. The molecule has 0 fully saturated rings. The molecule has 0 aliphatic rings. The van der Waals surface area contributed by atoms with Gasteiger partial charge >= 0.3 is 0 Å². The Balaban J connectivity index is 2.18. The molecular formula is C12H10Br2N2O2S2. The highest BCUT2D eigenvalue weighted by Gasteiger charge is 2.13. The predicted octanol–water partition coefficient (Wildman–Crippen LogP) is 3.98. The second-order valence-electron chi connectivity index (χ2n) is 3.85. The molecule has 20 heavy (non-hydrogen) atoms. The van der Waals surface area contributed by atoms with E-state index in [1.165, 1.54) is 23.5 Å². The minimum atomic E-state index is -3.64. The van der Waals surface area contributed by atoms with Crippen LogP contribution in [0.2, 0.25) is 0 Å². The van der Waals surface area contributed by atoms with Gasteiger partial charge in [-0.2, -0.15) is 18.4 Å². The average molecular weight is 438 g/mol. The lowest BCUT2D eigenvalue weighted by atomic mass is 10.3. The van der Waals surface area contributed by atoms with E-state index in [1.807, 2.05) is 12.1 Å². The SMILES string of the molecule is CC(=NNS(=O)(=O)c1ccc(Br)cc1)c1ccc(Br)s1. The number of thiophene rings is 1. The van der Waals surface area contributed by atoms with Crippen LogP contribution in [0.1, 0.15) is 11.8 Å². The molecule has 0 aliphatic carbocycles. The summed E-state index contributed by atoms with van der Waals surface area (Å²) in [4.78, 5) is 3.31. The Kier molecular flexibility index (Phi) is 5.00. The predicted molar refractivity (Wildman–Crippen MR) is 88.7 cm³/mol. The molecule has 0 radical (unpaired) electrons. The number of nitrogens with zero attached hydrogens (tertiary/aromatic N) is 1. The minimum absolute atomic E-state index is 0.171. The third kappa shape index (κ3) is 3.91. The maximum atomic E-state index is 12.0. The fraction of sp³-hybridized carbons (Fsp3) is 0.0833. The topological polar surface area (TPSA) is 58.5 Å². The standard InChI is InChI=1S/C12H10Br2N2O2S2/c1-8(11-6-7-12(14)19-11)15-16-20(17,18)10-4-2-9(13)3-5-10/h2-7,16H,1H3. The molecular weight excluding hydrogens is 428 g/mol. The van der Waals surface area contributed by atoms with Crippen molar-refractivity contribution in [1.82, 2.24) is 4.83 Å². The normalized spacial score (nSPS) is 12.4. The summed E-state index contributed by atoms with van der Waals surface area (Å²) >= 11 is 8.11. The summed E-state index contributed by atoms with van der Waals surface area (Å²) in [5.41, 5.74) is 0.612. The van der Waals surface area contributed by atoms with Crippen molar-refractivity contribution in [2.75, 3.05) is 0 Å². The van der Waals surface area contributed by atoms with E-state index in [2.05, 4.69) is 41.8 Å². The lowest BCUT2D eigenvalue weighted by Crippen LogP contribution is -2.19. The Labute approximate surface area is 138 Å². The zero-order valence-electron chi connectivity index (χ0n) is 10.3. The van der Waals surface area contributed by atoms with Crippen LogP contribution in [0.5, 0.6) is 0 Å². The van der Waals surface area contributed by atoms with Gasteiger partial charge in [-0.15, -0.1) is 11.3 Å². The molecule has 0 saturated heterocycles. The highest BCUT2D eigenvalue weighted by atomic mass is 79.9. The Bertz CT molecular complexity index is 737. The first-order valence-corrected chi connectivity index (χ1v) is 9.34. The van der Waals surface area contributed by atoms with E-state index in [0.29, 0.717) is 5.71 Å². The summed E-state index contributed by atoms with van der Waals surface area (Å²) in [5.74, 6) is 0. The molecule has 0 unspecified atom stereocenters. The number of sulfonamides is 1. The highest BCUT2D eigenvalue weighted by molar-refractivity contribution is 9.11. The molecule has 1 aromatic carbocycles. The Morgan fingerprint density at radius 2 is 1.80 bits per heavy atom. The fourth-order valence-electron chi connectivity index (χ4n) is 1.36. The van der Waals surface area contributed by atoms with Gasteiger partial charge in [0.2, 0.25) is 0 Å². The van der Waals surface area contributed by atoms with Crippen molar-refractivity contribution in [3.05, 3.63) is 49.5 Å². The van der Waals surface area contributed by atoms with Gasteiger partial charge in [0.25, 0.3) is 10.0 Å². The van der Waals surface area contributed by atoms with Crippen molar-refractivity contribution < 1.29 is 8.42 Å². The first kappa shape index (κ1) is 15.7. The molecule has 0 amide bonds. The summed E-state index contributed by atoms with van der Waals surface area (Å²) in [7, 11) is -3.64. The van der Waals surface area contributed by atoms with Gasteiger partial charge in [0.05, 0.1) is 19.3 Å². The quantitative estimate of drug-likeness (QED) is 0.580. The van der Waals surface area contributed by atoms with Crippen LogP contribution in [0.15, 0.2) is 54.7 Å². The van der Waals surface area contributed by atoms with Crippen molar-refractivity contribution in [3.63, 3.8) is 0 Å². The van der Waals surface area contributed by atoms with Crippen LogP contribution >= 0.6 is 43.2 Å². The molecule has 0 aliphatic heterocycles. The first-order chi connectivity index (χ1) is 9.38.